The van der Waals surface area contributed by atoms with E-state index in [1.807, 2.05) is 6.92 Å². The van der Waals surface area contributed by atoms with Gasteiger partial charge in [0.05, 0.1) is 35.3 Å². The van der Waals surface area contributed by atoms with E-state index in [1.165, 1.54) is 29.2 Å². The molecule has 194 valence electrons. The summed E-state index contributed by atoms with van der Waals surface area (Å²) in [5, 5.41) is 2.59. The van der Waals surface area contributed by atoms with Crippen molar-refractivity contribution in [3.05, 3.63) is 59.7 Å². The third kappa shape index (κ3) is 5.87. The third-order valence-corrected chi connectivity index (χ3v) is 6.72. The highest BCUT2D eigenvalue weighted by Crippen LogP contribution is 2.42. The predicted molar refractivity (Wildman–Crippen MR) is 135 cm³/mol. The largest absolute Gasteiger partial charge is 0.462 e. The molecule has 1 N–H and O–H groups in total. The summed E-state index contributed by atoms with van der Waals surface area (Å²) in [5.41, 5.74) is 1.42. The average Bonchev–Trinajstić information content (AvgIpc) is 3.15. The second-order valence-electron chi connectivity index (χ2n) is 9.53. The van der Waals surface area contributed by atoms with Crippen LogP contribution in [0.5, 0.6) is 0 Å². The predicted octanol–water partition coefficient (Wildman–Crippen LogP) is 3.97. The number of amides is 3. The molecule has 0 radical (unpaired) electrons. The van der Waals surface area contributed by atoms with Gasteiger partial charge >= 0.3 is 11.9 Å². The molecular weight excluding hydrogens is 476 g/mol. The van der Waals surface area contributed by atoms with E-state index in [2.05, 4.69) is 12.2 Å². The van der Waals surface area contributed by atoms with E-state index in [1.54, 1.807) is 24.3 Å². The molecule has 2 fully saturated rings. The minimum Gasteiger partial charge on any atom is -0.462 e. The van der Waals surface area contributed by atoms with E-state index in [-0.39, 0.29) is 29.2 Å². The lowest BCUT2D eigenvalue weighted by Gasteiger charge is -2.25. The van der Waals surface area contributed by atoms with Crippen LogP contribution in [0, 0.1) is 17.8 Å². The molecule has 0 bridgehead atoms. The fourth-order valence-corrected chi connectivity index (χ4v) is 4.77. The van der Waals surface area contributed by atoms with Gasteiger partial charge in [-0.25, -0.2) is 9.59 Å². The second kappa shape index (κ2) is 11.4. The molecule has 2 aromatic carbocycles. The van der Waals surface area contributed by atoms with Crippen LogP contribution in [-0.4, -0.2) is 42.9 Å². The quantitative estimate of drug-likeness (QED) is 0.425. The van der Waals surface area contributed by atoms with Crippen molar-refractivity contribution in [3.63, 3.8) is 0 Å². The summed E-state index contributed by atoms with van der Waals surface area (Å²) in [6, 6.07) is 12.2. The van der Waals surface area contributed by atoms with E-state index in [0.29, 0.717) is 35.9 Å². The van der Waals surface area contributed by atoms with E-state index in [0.717, 1.165) is 19.3 Å². The number of imide groups is 1. The Bertz CT molecular complexity index is 1190. The fraction of sp³-hybridized carbons (Fsp3) is 0.393. The zero-order chi connectivity index (χ0) is 26.5. The first kappa shape index (κ1) is 26.1. The van der Waals surface area contributed by atoms with E-state index in [9.17, 15) is 24.0 Å². The maximum absolute atomic E-state index is 12.9. The van der Waals surface area contributed by atoms with Crippen LogP contribution >= 0.6 is 0 Å². The first-order valence-electron chi connectivity index (χ1n) is 12.5. The van der Waals surface area contributed by atoms with Gasteiger partial charge in [0.1, 0.15) is 0 Å². The molecule has 2 aromatic rings. The minimum absolute atomic E-state index is 0.181. The van der Waals surface area contributed by atoms with Crippen LogP contribution in [0.3, 0.4) is 0 Å². The van der Waals surface area contributed by atoms with Gasteiger partial charge in [0.25, 0.3) is 5.91 Å². The molecular formula is C28H30N2O7. The van der Waals surface area contributed by atoms with Crippen LogP contribution in [0.25, 0.3) is 0 Å². The summed E-state index contributed by atoms with van der Waals surface area (Å²) >= 11 is 0. The second-order valence-corrected chi connectivity index (χ2v) is 9.53. The van der Waals surface area contributed by atoms with Gasteiger partial charge in [-0.3, -0.25) is 19.3 Å². The zero-order valence-electron chi connectivity index (χ0n) is 20.9. The van der Waals surface area contributed by atoms with Gasteiger partial charge in [0.2, 0.25) is 11.8 Å². The number of nitrogens with one attached hydrogen (secondary N) is 1. The van der Waals surface area contributed by atoms with Crippen molar-refractivity contribution in [1.29, 1.82) is 0 Å². The third-order valence-electron chi connectivity index (χ3n) is 6.72. The first-order valence-corrected chi connectivity index (χ1v) is 12.5. The number of carbonyl (C=O) groups is 5. The zero-order valence-corrected chi connectivity index (χ0v) is 20.9. The lowest BCUT2D eigenvalue weighted by Crippen LogP contribution is -2.30. The summed E-state index contributed by atoms with van der Waals surface area (Å²) in [6.45, 7) is 3.82. The fourth-order valence-electron chi connectivity index (χ4n) is 4.77. The van der Waals surface area contributed by atoms with Crippen LogP contribution in [0.15, 0.2) is 48.5 Å². The molecule has 1 heterocycles. The van der Waals surface area contributed by atoms with Gasteiger partial charge in [-0.2, -0.15) is 0 Å². The van der Waals surface area contributed by atoms with Crippen molar-refractivity contribution in [1.82, 2.24) is 0 Å². The van der Waals surface area contributed by atoms with Crippen molar-refractivity contribution in [2.75, 3.05) is 23.4 Å². The molecule has 3 amide bonds. The van der Waals surface area contributed by atoms with Crippen molar-refractivity contribution in [2.24, 2.45) is 17.8 Å². The molecule has 0 unspecified atom stereocenters. The molecule has 9 heteroatoms. The van der Waals surface area contributed by atoms with Crippen molar-refractivity contribution in [3.8, 4) is 0 Å². The molecule has 1 saturated carbocycles. The number of benzene rings is 2. The Labute approximate surface area is 215 Å². The number of anilines is 2. The molecule has 0 spiro atoms. The summed E-state index contributed by atoms with van der Waals surface area (Å²) in [4.78, 5) is 63.4. The van der Waals surface area contributed by atoms with Gasteiger partial charge < -0.3 is 14.8 Å². The lowest BCUT2D eigenvalue weighted by molar-refractivity contribution is -0.122. The van der Waals surface area contributed by atoms with Crippen LogP contribution in [0.2, 0.25) is 0 Å². The minimum atomic E-state index is -0.711. The monoisotopic (exact) mass is 506 g/mol. The number of nitrogens with zero attached hydrogens (tertiary/aromatic N) is 1. The maximum Gasteiger partial charge on any atom is 0.338 e. The molecule has 1 aliphatic heterocycles. The standard InChI is InChI=1S/C28H30N2O7/c1-3-14-36-27(34)18-5-9-20(10-6-18)29-24(31)16-37-28(35)19-7-11-21(12-8-19)30-25(32)22-13-4-17(2)15-23(22)26(30)33/h5-12,17,22-23H,3-4,13-16H2,1-2H3,(H,29,31)/t17-,22-,23-/m1/s1. The lowest BCUT2D eigenvalue weighted by atomic mass is 9.76. The molecule has 1 saturated heterocycles. The van der Waals surface area contributed by atoms with Gasteiger partial charge in [0.15, 0.2) is 6.61 Å². The Morgan fingerprint density at radius 2 is 1.46 bits per heavy atom. The van der Waals surface area contributed by atoms with E-state index < -0.39 is 24.5 Å². The Kier molecular flexibility index (Phi) is 8.01. The van der Waals surface area contributed by atoms with Crippen LogP contribution < -0.4 is 10.2 Å². The van der Waals surface area contributed by atoms with Gasteiger partial charge in [-0.1, -0.05) is 13.8 Å². The molecule has 0 aromatic heterocycles. The molecule has 3 atom stereocenters. The van der Waals surface area contributed by atoms with Crippen LogP contribution in [0.4, 0.5) is 11.4 Å². The molecule has 9 nitrogen and oxygen atoms in total. The number of fused-ring (bicyclic) bond motifs is 1. The molecule has 1 aliphatic carbocycles. The highest BCUT2D eigenvalue weighted by molar-refractivity contribution is 6.22. The SMILES string of the molecule is CCCOC(=O)c1ccc(NC(=O)COC(=O)c2ccc(N3C(=O)[C@@H]4CC[C@@H](C)C[C@H]4C3=O)cc2)cc1. The van der Waals surface area contributed by atoms with Crippen molar-refractivity contribution in [2.45, 2.75) is 39.5 Å². The Balaban J connectivity index is 1.29. The summed E-state index contributed by atoms with van der Waals surface area (Å²) in [6.07, 6.45) is 3.09. The van der Waals surface area contributed by atoms with Crippen molar-refractivity contribution >= 4 is 41.0 Å². The van der Waals surface area contributed by atoms with E-state index >= 15 is 0 Å². The number of carbonyl (C=O) groups excluding carboxylic acids is 5. The topological polar surface area (TPSA) is 119 Å². The Morgan fingerprint density at radius 3 is 2.11 bits per heavy atom. The van der Waals surface area contributed by atoms with Crippen LogP contribution in [0.1, 0.15) is 60.2 Å². The summed E-state index contributed by atoms with van der Waals surface area (Å²) in [5.74, 6) is -2.18. The summed E-state index contributed by atoms with van der Waals surface area (Å²) in [7, 11) is 0. The van der Waals surface area contributed by atoms with E-state index in [4.69, 9.17) is 9.47 Å². The van der Waals surface area contributed by atoms with Gasteiger partial charge in [-0.15, -0.1) is 0 Å². The van der Waals surface area contributed by atoms with Crippen molar-refractivity contribution < 1.29 is 33.4 Å². The number of hydrogen-bond acceptors (Lipinski definition) is 7. The highest BCUT2D eigenvalue weighted by Gasteiger charge is 2.49. The first-order chi connectivity index (χ1) is 17.8. The highest BCUT2D eigenvalue weighted by atomic mass is 16.5. The maximum atomic E-state index is 12.9. The smallest absolute Gasteiger partial charge is 0.338 e. The number of hydrogen-bond donors (Lipinski definition) is 1. The Morgan fingerprint density at radius 1 is 0.865 bits per heavy atom. The Hall–Kier alpha value is -4.01. The number of esters is 2. The van der Waals surface area contributed by atoms with Crippen LogP contribution in [-0.2, 0) is 23.9 Å². The average molecular weight is 507 g/mol. The van der Waals surface area contributed by atoms with Gasteiger partial charge in [-0.05, 0) is 80.1 Å². The number of rotatable bonds is 8. The molecule has 2 aliphatic rings. The summed E-state index contributed by atoms with van der Waals surface area (Å²) < 4.78 is 10.2. The molecule has 4 rings (SSSR count). The normalized spacial score (nSPS) is 20.8. The number of ether oxygens (including phenoxy) is 2. The molecule has 37 heavy (non-hydrogen) atoms. The van der Waals surface area contributed by atoms with Gasteiger partial charge in [0, 0.05) is 5.69 Å².